The molecule has 1 fully saturated rings. The molecule has 0 bridgehead atoms. The standard InChI is InChI=1S/C13H15BrN2/c14-9-3-4-13-10(6-9)11(7-16-13)12(15)5-8-1-2-8/h3-4,6-8,12,16H,1-2,5,15H2/t12-/m0/s1. The average Bonchev–Trinajstić information content (AvgIpc) is 2.96. The molecule has 1 aliphatic carbocycles. The average molecular weight is 279 g/mol. The van der Waals surface area contributed by atoms with Gasteiger partial charge in [-0.15, -0.1) is 0 Å². The van der Waals surface area contributed by atoms with Crippen LogP contribution in [-0.2, 0) is 0 Å². The zero-order valence-corrected chi connectivity index (χ0v) is 10.6. The van der Waals surface area contributed by atoms with Crippen LogP contribution in [0.1, 0.15) is 30.9 Å². The van der Waals surface area contributed by atoms with E-state index in [9.17, 15) is 0 Å². The number of H-pyrrole nitrogens is 1. The lowest BCUT2D eigenvalue weighted by atomic mass is 10.0. The number of nitrogens with one attached hydrogen (secondary N) is 1. The third-order valence-corrected chi connectivity index (χ3v) is 3.85. The molecule has 3 rings (SSSR count). The van der Waals surface area contributed by atoms with Gasteiger partial charge in [0, 0.05) is 27.6 Å². The maximum Gasteiger partial charge on any atom is 0.0458 e. The Morgan fingerprint density at radius 3 is 3.00 bits per heavy atom. The first kappa shape index (κ1) is 10.4. The Bertz CT molecular complexity index is 514. The van der Waals surface area contributed by atoms with E-state index in [0.29, 0.717) is 0 Å². The third kappa shape index (κ3) is 1.89. The zero-order chi connectivity index (χ0) is 11.1. The van der Waals surface area contributed by atoms with Crippen molar-refractivity contribution >= 4 is 26.8 Å². The minimum absolute atomic E-state index is 0.176. The van der Waals surface area contributed by atoms with Gasteiger partial charge in [-0.1, -0.05) is 28.8 Å². The minimum atomic E-state index is 0.176. The normalized spacial score (nSPS) is 17.9. The van der Waals surface area contributed by atoms with E-state index in [1.165, 1.54) is 29.3 Å². The van der Waals surface area contributed by atoms with Crippen molar-refractivity contribution in [1.82, 2.24) is 4.98 Å². The van der Waals surface area contributed by atoms with Gasteiger partial charge >= 0.3 is 0 Å². The third-order valence-electron chi connectivity index (χ3n) is 3.36. The van der Waals surface area contributed by atoms with Crippen LogP contribution in [0.15, 0.2) is 28.9 Å². The van der Waals surface area contributed by atoms with Crippen molar-refractivity contribution in [3.63, 3.8) is 0 Å². The fourth-order valence-corrected chi connectivity index (χ4v) is 2.62. The van der Waals surface area contributed by atoms with E-state index in [1.54, 1.807) is 0 Å². The molecule has 2 nitrogen and oxygen atoms in total. The summed E-state index contributed by atoms with van der Waals surface area (Å²) in [5, 5.41) is 1.25. The largest absolute Gasteiger partial charge is 0.361 e. The summed E-state index contributed by atoms with van der Waals surface area (Å²) in [6.45, 7) is 0. The van der Waals surface area contributed by atoms with E-state index in [1.807, 2.05) is 0 Å². The summed E-state index contributed by atoms with van der Waals surface area (Å²) in [4.78, 5) is 3.29. The molecule has 1 heterocycles. The summed E-state index contributed by atoms with van der Waals surface area (Å²) in [6.07, 6.45) is 5.91. The molecule has 3 N–H and O–H groups in total. The van der Waals surface area contributed by atoms with Crippen LogP contribution >= 0.6 is 15.9 Å². The van der Waals surface area contributed by atoms with Crippen LogP contribution < -0.4 is 5.73 Å². The first-order valence-corrected chi connectivity index (χ1v) is 6.55. The highest BCUT2D eigenvalue weighted by atomic mass is 79.9. The quantitative estimate of drug-likeness (QED) is 0.883. The van der Waals surface area contributed by atoms with Crippen LogP contribution in [0.25, 0.3) is 10.9 Å². The van der Waals surface area contributed by atoms with Gasteiger partial charge in [0.1, 0.15) is 0 Å². The Kier molecular flexibility index (Phi) is 2.52. The molecule has 0 unspecified atom stereocenters. The number of nitrogens with two attached hydrogens (primary N) is 1. The van der Waals surface area contributed by atoms with Gasteiger partial charge in [0.25, 0.3) is 0 Å². The Labute approximate surface area is 103 Å². The minimum Gasteiger partial charge on any atom is -0.361 e. The highest BCUT2D eigenvalue weighted by Gasteiger charge is 2.25. The summed E-state index contributed by atoms with van der Waals surface area (Å²) in [6, 6.07) is 6.46. The fraction of sp³-hybridized carbons (Fsp3) is 0.385. The molecular weight excluding hydrogens is 264 g/mol. The molecule has 16 heavy (non-hydrogen) atoms. The van der Waals surface area contributed by atoms with Gasteiger partial charge in [-0.25, -0.2) is 0 Å². The molecule has 0 radical (unpaired) electrons. The van der Waals surface area contributed by atoms with Crippen LogP contribution in [0.4, 0.5) is 0 Å². The van der Waals surface area contributed by atoms with Crippen LogP contribution in [0.3, 0.4) is 0 Å². The van der Waals surface area contributed by atoms with Crippen LogP contribution in [-0.4, -0.2) is 4.98 Å². The summed E-state index contributed by atoms with van der Waals surface area (Å²) in [5.74, 6) is 0.868. The maximum atomic E-state index is 6.26. The lowest BCUT2D eigenvalue weighted by molar-refractivity contribution is 0.600. The smallest absolute Gasteiger partial charge is 0.0458 e. The van der Waals surface area contributed by atoms with Crippen molar-refractivity contribution in [3.8, 4) is 0 Å². The number of rotatable bonds is 3. The summed E-state index contributed by atoms with van der Waals surface area (Å²) < 4.78 is 1.11. The van der Waals surface area contributed by atoms with Crippen molar-refractivity contribution < 1.29 is 0 Å². The molecule has 1 aliphatic rings. The molecule has 2 aromatic rings. The molecule has 84 valence electrons. The molecule has 0 saturated heterocycles. The van der Waals surface area contributed by atoms with Crippen LogP contribution in [0.5, 0.6) is 0 Å². The Morgan fingerprint density at radius 1 is 1.44 bits per heavy atom. The van der Waals surface area contributed by atoms with Crippen molar-refractivity contribution in [2.24, 2.45) is 11.7 Å². The SMILES string of the molecule is N[C@@H](CC1CC1)c1c[nH]c2ccc(Br)cc12. The van der Waals surface area contributed by atoms with E-state index < -0.39 is 0 Å². The van der Waals surface area contributed by atoms with Gasteiger partial charge in [0.05, 0.1) is 0 Å². The number of aromatic amines is 1. The van der Waals surface area contributed by atoms with Gasteiger partial charge < -0.3 is 10.7 Å². The van der Waals surface area contributed by atoms with Crippen molar-refractivity contribution in [2.75, 3.05) is 0 Å². The van der Waals surface area contributed by atoms with E-state index in [0.717, 1.165) is 16.8 Å². The van der Waals surface area contributed by atoms with Gasteiger partial charge in [-0.3, -0.25) is 0 Å². The van der Waals surface area contributed by atoms with E-state index >= 15 is 0 Å². The molecular formula is C13H15BrN2. The molecule has 1 atom stereocenters. The molecule has 0 amide bonds. The van der Waals surface area contributed by atoms with E-state index in [-0.39, 0.29) is 6.04 Å². The summed E-state index contributed by atoms with van der Waals surface area (Å²) in [5.41, 5.74) is 8.68. The zero-order valence-electron chi connectivity index (χ0n) is 9.04. The number of fused-ring (bicyclic) bond motifs is 1. The molecule has 0 spiro atoms. The number of hydrogen-bond acceptors (Lipinski definition) is 1. The summed E-state index contributed by atoms with van der Waals surface area (Å²) >= 11 is 3.51. The van der Waals surface area contributed by atoms with Crippen LogP contribution in [0.2, 0.25) is 0 Å². The lowest BCUT2D eigenvalue weighted by Crippen LogP contribution is -2.10. The highest BCUT2D eigenvalue weighted by Crippen LogP contribution is 2.38. The number of aromatic nitrogens is 1. The van der Waals surface area contributed by atoms with Gasteiger partial charge in [0.15, 0.2) is 0 Å². The second-order valence-electron chi connectivity index (χ2n) is 4.72. The van der Waals surface area contributed by atoms with Crippen molar-refractivity contribution in [3.05, 3.63) is 34.4 Å². The number of benzene rings is 1. The maximum absolute atomic E-state index is 6.26. The van der Waals surface area contributed by atoms with Crippen molar-refractivity contribution in [1.29, 1.82) is 0 Å². The second kappa shape index (κ2) is 3.90. The highest BCUT2D eigenvalue weighted by molar-refractivity contribution is 9.10. The second-order valence-corrected chi connectivity index (χ2v) is 5.64. The fourth-order valence-electron chi connectivity index (χ4n) is 2.26. The molecule has 1 aromatic heterocycles. The molecule has 3 heteroatoms. The summed E-state index contributed by atoms with van der Waals surface area (Å²) in [7, 11) is 0. The predicted molar refractivity (Wildman–Crippen MR) is 70.3 cm³/mol. The van der Waals surface area contributed by atoms with E-state index in [2.05, 4.69) is 45.3 Å². The van der Waals surface area contributed by atoms with Gasteiger partial charge in [-0.2, -0.15) is 0 Å². The lowest BCUT2D eigenvalue weighted by Gasteiger charge is -2.09. The first-order chi connectivity index (χ1) is 7.74. The Balaban J connectivity index is 1.98. The van der Waals surface area contributed by atoms with Gasteiger partial charge in [0.2, 0.25) is 0 Å². The van der Waals surface area contributed by atoms with Gasteiger partial charge in [-0.05, 0) is 36.1 Å². The number of halogens is 1. The molecule has 1 aromatic carbocycles. The molecule has 1 saturated carbocycles. The Morgan fingerprint density at radius 2 is 2.25 bits per heavy atom. The van der Waals surface area contributed by atoms with E-state index in [4.69, 9.17) is 5.73 Å². The number of hydrogen-bond donors (Lipinski definition) is 2. The topological polar surface area (TPSA) is 41.8 Å². The Hall–Kier alpha value is -0.800. The first-order valence-electron chi connectivity index (χ1n) is 5.76. The van der Waals surface area contributed by atoms with Crippen LogP contribution in [0, 0.1) is 5.92 Å². The predicted octanol–water partition coefficient (Wildman–Crippen LogP) is 3.73. The molecule has 0 aliphatic heterocycles. The monoisotopic (exact) mass is 278 g/mol. The van der Waals surface area contributed by atoms with Crippen molar-refractivity contribution in [2.45, 2.75) is 25.3 Å².